The summed E-state index contributed by atoms with van der Waals surface area (Å²) in [6, 6.07) is 81.3. The molecule has 0 aliphatic rings. The Morgan fingerprint density at radius 2 is 0.698 bits per heavy atom. The molecule has 0 fully saturated rings. The quantitative estimate of drug-likeness (QED) is 0.131. The van der Waals surface area contributed by atoms with Crippen LogP contribution >= 0.6 is 15.8 Å². The molecule has 2 heteroatoms. The Morgan fingerprint density at radius 3 is 1.23 bits per heavy atom. The second kappa shape index (κ2) is 15.1. The van der Waals surface area contributed by atoms with Crippen LogP contribution in [0.2, 0.25) is 0 Å². The molecule has 0 heterocycles. The number of hydrogen-bond acceptors (Lipinski definition) is 0. The highest BCUT2D eigenvalue weighted by atomic mass is 31.1. The standard InChI is InChI=1S/C51H38P2/c1-6-21-38(22-7-1)37-48-45-34-18-19-35-47(45)49(46-36-20-24-39-23-16-17-33-44(39)46)51(53(42-29-12-4-13-30-42)43-31-14-5-15-32-43)50(48)52(40-25-8-2-9-26-40)41-27-10-3-11-28-41/h1-36H,37H2. The molecule has 0 saturated heterocycles. The topological polar surface area (TPSA) is 0 Å². The van der Waals surface area contributed by atoms with Gasteiger partial charge in [0.05, 0.1) is 0 Å². The van der Waals surface area contributed by atoms with Crippen LogP contribution in [0.15, 0.2) is 218 Å². The van der Waals surface area contributed by atoms with E-state index >= 15 is 0 Å². The van der Waals surface area contributed by atoms with E-state index in [1.807, 2.05) is 0 Å². The van der Waals surface area contributed by atoms with Crippen molar-refractivity contribution in [3.05, 3.63) is 230 Å². The van der Waals surface area contributed by atoms with E-state index in [9.17, 15) is 0 Å². The molecule has 0 aliphatic carbocycles. The molecule has 9 aromatic carbocycles. The molecule has 9 rings (SSSR count). The summed E-state index contributed by atoms with van der Waals surface area (Å²) in [6.07, 6.45) is 0.838. The minimum atomic E-state index is -1.03. The van der Waals surface area contributed by atoms with Gasteiger partial charge in [0.1, 0.15) is 0 Å². The van der Waals surface area contributed by atoms with Crippen LogP contribution in [-0.4, -0.2) is 0 Å². The lowest BCUT2D eigenvalue weighted by Gasteiger charge is -2.33. The van der Waals surface area contributed by atoms with Crippen molar-refractivity contribution in [1.82, 2.24) is 0 Å². The van der Waals surface area contributed by atoms with Crippen LogP contribution in [-0.2, 0) is 6.42 Å². The van der Waals surface area contributed by atoms with Crippen LogP contribution in [0.1, 0.15) is 11.1 Å². The molecule has 9 aromatic rings. The summed E-state index contributed by atoms with van der Waals surface area (Å²) in [6.45, 7) is 0. The monoisotopic (exact) mass is 712 g/mol. The Morgan fingerprint density at radius 1 is 0.302 bits per heavy atom. The first-order valence-corrected chi connectivity index (χ1v) is 20.9. The van der Waals surface area contributed by atoms with Crippen molar-refractivity contribution in [3.63, 3.8) is 0 Å². The van der Waals surface area contributed by atoms with Crippen molar-refractivity contribution in [1.29, 1.82) is 0 Å². The van der Waals surface area contributed by atoms with E-state index in [0.29, 0.717) is 0 Å². The molecule has 0 aliphatic heterocycles. The van der Waals surface area contributed by atoms with Crippen molar-refractivity contribution in [2.24, 2.45) is 0 Å². The predicted molar refractivity (Wildman–Crippen MR) is 234 cm³/mol. The van der Waals surface area contributed by atoms with Gasteiger partial charge >= 0.3 is 0 Å². The Balaban J connectivity index is 1.55. The van der Waals surface area contributed by atoms with Gasteiger partial charge in [-0.2, -0.15) is 0 Å². The van der Waals surface area contributed by atoms with Crippen molar-refractivity contribution in [2.45, 2.75) is 6.42 Å². The minimum Gasteiger partial charge on any atom is -0.0622 e. The molecule has 0 N–H and O–H groups in total. The zero-order valence-corrected chi connectivity index (χ0v) is 31.2. The van der Waals surface area contributed by atoms with E-state index in [-0.39, 0.29) is 0 Å². The Labute approximate surface area is 315 Å². The molecule has 0 bridgehead atoms. The van der Waals surface area contributed by atoms with E-state index in [1.165, 1.54) is 75.6 Å². The van der Waals surface area contributed by atoms with E-state index in [2.05, 4.69) is 218 Å². The first-order chi connectivity index (χ1) is 26.3. The summed E-state index contributed by atoms with van der Waals surface area (Å²) in [4.78, 5) is 0. The molecule has 0 amide bonds. The van der Waals surface area contributed by atoms with Crippen LogP contribution in [0, 0.1) is 0 Å². The molecule has 252 valence electrons. The van der Waals surface area contributed by atoms with Gasteiger partial charge in [-0.25, -0.2) is 0 Å². The lowest BCUT2D eigenvalue weighted by Crippen LogP contribution is -2.38. The lowest BCUT2D eigenvalue weighted by atomic mass is 9.90. The van der Waals surface area contributed by atoms with Crippen LogP contribution in [0.5, 0.6) is 0 Å². The third-order valence-electron chi connectivity index (χ3n) is 10.1. The van der Waals surface area contributed by atoms with Crippen LogP contribution in [0.3, 0.4) is 0 Å². The first-order valence-electron chi connectivity index (χ1n) is 18.3. The van der Waals surface area contributed by atoms with Crippen LogP contribution < -0.4 is 31.8 Å². The third kappa shape index (κ3) is 6.51. The van der Waals surface area contributed by atoms with Crippen molar-refractivity contribution in [2.75, 3.05) is 0 Å². The van der Waals surface area contributed by atoms with Gasteiger partial charge in [-0.05, 0) is 92.6 Å². The SMILES string of the molecule is c1ccc(Cc2c(P(c3ccccc3)c3ccccc3)c(P(c3ccccc3)c3ccccc3)c(-c3cccc4ccccc34)c3ccccc23)cc1. The lowest BCUT2D eigenvalue weighted by molar-refractivity contribution is 1.23. The van der Waals surface area contributed by atoms with Crippen molar-refractivity contribution >= 4 is 69.2 Å². The molecule has 0 unspecified atom stereocenters. The Kier molecular flexibility index (Phi) is 9.49. The second-order valence-electron chi connectivity index (χ2n) is 13.3. The fourth-order valence-electron chi connectivity index (χ4n) is 7.76. The first kappa shape index (κ1) is 33.2. The summed E-state index contributed by atoms with van der Waals surface area (Å²) < 4.78 is 0. The van der Waals surface area contributed by atoms with Gasteiger partial charge < -0.3 is 0 Å². The van der Waals surface area contributed by atoms with Crippen molar-refractivity contribution in [3.8, 4) is 11.1 Å². The maximum Gasteiger partial charge on any atom is 0.00206 e. The van der Waals surface area contributed by atoms with Crippen molar-refractivity contribution < 1.29 is 0 Å². The van der Waals surface area contributed by atoms with E-state index < -0.39 is 15.8 Å². The molecule has 0 radical (unpaired) electrons. The van der Waals surface area contributed by atoms with Gasteiger partial charge in [0.2, 0.25) is 0 Å². The minimum absolute atomic E-state index is 0.838. The van der Waals surface area contributed by atoms with Gasteiger partial charge in [-0.15, -0.1) is 0 Å². The number of benzene rings is 9. The maximum atomic E-state index is 2.38. The molecule has 0 aromatic heterocycles. The summed E-state index contributed by atoms with van der Waals surface area (Å²) in [5.41, 5.74) is 5.38. The second-order valence-corrected chi connectivity index (χ2v) is 17.6. The Hall–Kier alpha value is -5.64. The zero-order chi connectivity index (χ0) is 35.4. The fourth-order valence-corrected chi connectivity index (χ4v) is 13.5. The number of rotatable bonds is 9. The largest absolute Gasteiger partial charge is 0.0622 e. The normalized spacial score (nSPS) is 11.4. The molecule has 0 spiro atoms. The highest BCUT2D eigenvalue weighted by Crippen LogP contribution is 2.47. The van der Waals surface area contributed by atoms with Gasteiger partial charge in [-0.1, -0.05) is 218 Å². The molecule has 0 atom stereocenters. The van der Waals surface area contributed by atoms with Gasteiger partial charge in [0, 0.05) is 5.30 Å². The van der Waals surface area contributed by atoms with Crippen LogP contribution in [0.25, 0.3) is 32.7 Å². The highest BCUT2D eigenvalue weighted by molar-refractivity contribution is 7.85. The molecule has 53 heavy (non-hydrogen) atoms. The van der Waals surface area contributed by atoms with Gasteiger partial charge in [0.15, 0.2) is 0 Å². The third-order valence-corrected chi connectivity index (χ3v) is 15.3. The number of hydrogen-bond donors (Lipinski definition) is 0. The van der Waals surface area contributed by atoms with E-state index in [4.69, 9.17) is 0 Å². The van der Waals surface area contributed by atoms with Crippen LogP contribution in [0.4, 0.5) is 0 Å². The smallest absolute Gasteiger partial charge is 0.00206 e. The zero-order valence-electron chi connectivity index (χ0n) is 29.4. The Bertz CT molecular complexity index is 2540. The highest BCUT2D eigenvalue weighted by Gasteiger charge is 2.33. The molecule has 0 nitrogen and oxygen atoms in total. The fraction of sp³-hybridized carbons (Fsp3) is 0.0196. The molecular formula is C51H38P2. The summed E-state index contributed by atoms with van der Waals surface area (Å²) in [7, 11) is -2.03. The molecular weight excluding hydrogens is 675 g/mol. The maximum absolute atomic E-state index is 2.38. The van der Waals surface area contributed by atoms with Gasteiger partial charge in [-0.3, -0.25) is 0 Å². The van der Waals surface area contributed by atoms with Gasteiger partial charge in [0.25, 0.3) is 0 Å². The number of fused-ring (bicyclic) bond motifs is 2. The molecule has 0 saturated carbocycles. The van der Waals surface area contributed by atoms with E-state index in [0.717, 1.165) is 6.42 Å². The summed E-state index contributed by atoms with van der Waals surface area (Å²) in [5.74, 6) is 0. The van der Waals surface area contributed by atoms with E-state index in [1.54, 1.807) is 0 Å². The predicted octanol–water partition coefficient (Wildman–Crippen LogP) is 10.8. The summed E-state index contributed by atoms with van der Waals surface area (Å²) >= 11 is 0. The average Bonchev–Trinajstić information content (AvgIpc) is 3.24. The summed E-state index contributed by atoms with van der Waals surface area (Å²) in [5, 5.41) is 13.5. The average molecular weight is 713 g/mol.